The van der Waals surface area contributed by atoms with Crippen LogP contribution in [0.5, 0.6) is 0 Å². The number of alkyl halides is 3. The van der Waals surface area contributed by atoms with Crippen LogP contribution in [0.1, 0.15) is 56.2 Å². The zero-order valence-corrected chi connectivity index (χ0v) is 18.5. The first-order chi connectivity index (χ1) is 15.4. The van der Waals surface area contributed by atoms with Crippen LogP contribution in [-0.4, -0.2) is 26.5 Å². The summed E-state index contributed by atoms with van der Waals surface area (Å²) >= 11 is 1.33. The number of carbonyl (C=O) groups is 1. The Balaban J connectivity index is 1.62. The molecule has 1 atom stereocenters. The number of nitrogens with zero attached hydrogens (tertiary/aromatic N) is 3. The van der Waals surface area contributed by atoms with E-state index in [1.54, 1.807) is 24.5 Å². The highest BCUT2D eigenvalue weighted by atomic mass is 32.2. The predicted molar refractivity (Wildman–Crippen MR) is 118 cm³/mol. The van der Waals surface area contributed by atoms with E-state index in [4.69, 9.17) is 0 Å². The molecular weight excluding hydrogens is 437 g/mol. The molecule has 2 heterocycles. The number of thioether (sulfide) groups is 1. The first kappa shape index (κ1) is 22.6. The zero-order valence-electron chi connectivity index (χ0n) is 17.7. The molecule has 32 heavy (non-hydrogen) atoms. The van der Waals surface area contributed by atoms with Gasteiger partial charge in [0.05, 0.1) is 22.8 Å². The summed E-state index contributed by atoms with van der Waals surface area (Å²) in [6, 6.07) is 6.82. The molecule has 1 fully saturated rings. The number of hydrogen-bond donors (Lipinski definition) is 1. The van der Waals surface area contributed by atoms with Crippen molar-refractivity contribution in [2.24, 2.45) is 0 Å². The van der Waals surface area contributed by atoms with Crippen molar-refractivity contribution in [3.8, 4) is 0 Å². The maximum Gasteiger partial charge on any atom is 0.416 e. The molecule has 3 aromatic rings. The molecule has 0 saturated heterocycles. The highest BCUT2D eigenvalue weighted by molar-refractivity contribution is 7.98. The van der Waals surface area contributed by atoms with Gasteiger partial charge in [-0.25, -0.2) is 4.98 Å². The topological polar surface area (TPSA) is 59.8 Å². The lowest BCUT2D eigenvalue weighted by atomic mass is 10.1. The summed E-state index contributed by atoms with van der Waals surface area (Å²) in [5.74, 6) is 0.255. The molecular formula is C23H25F3N4OS. The Morgan fingerprint density at radius 3 is 2.78 bits per heavy atom. The molecule has 4 rings (SSSR count). The second kappa shape index (κ2) is 9.52. The molecule has 0 spiro atoms. The second-order valence-corrected chi connectivity index (χ2v) is 8.97. The average molecular weight is 463 g/mol. The van der Waals surface area contributed by atoms with Crippen LogP contribution in [0.25, 0.3) is 11.0 Å². The van der Waals surface area contributed by atoms with Crippen LogP contribution in [0.15, 0.2) is 47.9 Å². The summed E-state index contributed by atoms with van der Waals surface area (Å²) in [7, 11) is 0. The number of fused-ring (bicyclic) bond motifs is 1. The number of halogens is 3. The minimum atomic E-state index is -4.38. The van der Waals surface area contributed by atoms with E-state index in [2.05, 4.69) is 15.3 Å². The Hall–Kier alpha value is -2.55. The van der Waals surface area contributed by atoms with Gasteiger partial charge >= 0.3 is 6.18 Å². The summed E-state index contributed by atoms with van der Waals surface area (Å²) in [6.45, 7) is 1.95. The van der Waals surface area contributed by atoms with Crippen LogP contribution in [0, 0.1) is 0 Å². The van der Waals surface area contributed by atoms with Crippen molar-refractivity contribution >= 4 is 28.7 Å². The molecule has 0 radical (unpaired) electrons. The maximum absolute atomic E-state index is 13.1. The molecule has 1 unspecified atom stereocenters. The van der Waals surface area contributed by atoms with Gasteiger partial charge in [-0.1, -0.05) is 49.7 Å². The summed E-state index contributed by atoms with van der Waals surface area (Å²) in [5.41, 5.74) is 1.33. The van der Waals surface area contributed by atoms with Crippen molar-refractivity contribution in [1.29, 1.82) is 0 Å². The third kappa shape index (κ3) is 4.92. The highest BCUT2D eigenvalue weighted by Crippen LogP contribution is 2.34. The fourth-order valence-electron chi connectivity index (χ4n) is 4.16. The van der Waals surface area contributed by atoms with Crippen LogP contribution in [0.2, 0.25) is 0 Å². The van der Waals surface area contributed by atoms with Gasteiger partial charge in [-0.3, -0.25) is 9.78 Å². The smallest absolute Gasteiger partial charge is 0.352 e. The lowest BCUT2D eigenvalue weighted by Crippen LogP contribution is -2.38. The van der Waals surface area contributed by atoms with Crippen molar-refractivity contribution in [3.63, 3.8) is 0 Å². The van der Waals surface area contributed by atoms with Crippen molar-refractivity contribution in [1.82, 2.24) is 19.9 Å². The van der Waals surface area contributed by atoms with E-state index < -0.39 is 17.8 Å². The van der Waals surface area contributed by atoms with Crippen LogP contribution in [0.4, 0.5) is 13.2 Å². The van der Waals surface area contributed by atoms with Gasteiger partial charge in [0.15, 0.2) is 5.16 Å². The van der Waals surface area contributed by atoms with Crippen LogP contribution in [-0.2, 0) is 16.7 Å². The van der Waals surface area contributed by atoms with Crippen LogP contribution >= 0.6 is 11.8 Å². The van der Waals surface area contributed by atoms with E-state index in [0.29, 0.717) is 28.4 Å². The first-order valence-corrected chi connectivity index (χ1v) is 11.8. The maximum atomic E-state index is 13.1. The fraction of sp³-hybridized carbons (Fsp3) is 0.435. The molecule has 1 N–H and O–H groups in total. The Bertz CT molecular complexity index is 1090. The molecule has 2 aromatic heterocycles. The van der Waals surface area contributed by atoms with Crippen LogP contribution < -0.4 is 5.32 Å². The zero-order chi connectivity index (χ0) is 22.7. The van der Waals surface area contributed by atoms with E-state index in [9.17, 15) is 18.0 Å². The molecule has 5 nitrogen and oxygen atoms in total. The molecule has 1 aliphatic carbocycles. The number of aromatic nitrogens is 3. The van der Waals surface area contributed by atoms with E-state index >= 15 is 0 Å². The Morgan fingerprint density at radius 1 is 1.28 bits per heavy atom. The van der Waals surface area contributed by atoms with Gasteiger partial charge in [-0.05, 0) is 37.0 Å². The number of benzene rings is 1. The third-order valence-corrected chi connectivity index (χ3v) is 6.81. The van der Waals surface area contributed by atoms with Gasteiger partial charge in [0, 0.05) is 18.0 Å². The normalized spacial score (nSPS) is 15.9. The SMILES string of the molecule is CCC(C(=O)NC1CCCC1)n1c(SCc2cccc(C(F)(F)F)c2)nc2ccncc21. The molecule has 1 saturated carbocycles. The van der Waals surface area contributed by atoms with Crippen molar-refractivity contribution < 1.29 is 18.0 Å². The van der Waals surface area contributed by atoms with Crippen molar-refractivity contribution in [2.75, 3.05) is 0 Å². The molecule has 0 aliphatic heterocycles. The van der Waals surface area contributed by atoms with E-state index in [1.807, 2.05) is 11.5 Å². The standard InChI is InChI=1S/C23H25F3N4OS/c1-2-19(21(31)28-17-8-3-4-9-17)30-20-13-27-11-10-18(20)29-22(30)32-14-15-6-5-7-16(12-15)23(24,25)26/h5-7,10-13,17,19H,2-4,8-9,14H2,1H3,(H,28,31). The molecule has 1 aromatic carbocycles. The summed E-state index contributed by atoms with van der Waals surface area (Å²) < 4.78 is 41.1. The number of hydrogen-bond acceptors (Lipinski definition) is 4. The summed E-state index contributed by atoms with van der Waals surface area (Å²) in [6.07, 6.45) is 3.73. The van der Waals surface area contributed by atoms with E-state index in [1.165, 1.54) is 17.8 Å². The monoisotopic (exact) mass is 462 g/mol. The quantitative estimate of drug-likeness (QED) is 0.454. The van der Waals surface area contributed by atoms with Gasteiger partial charge < -0.3 is 9.88 Å². The van der Waals surface area contributed by atoms with Gasteiger partial charge in [0.1, 0.15) is 6.04 Å². The first-order valence-electron chi connectivity index (χ1n) is 10.8. The van der Waals surface area contributed by atoms with Gasteiger partial charge in [-0.15, -0.1) is 0 Å². The largest absolute Gasteiger partial charge is 0.416 e. The number of pyridine rings is 1. The molecule has 0 bridgehead atoms. The third-order valence-electron chi connectivity index (χ3n) is 5.78. The lowest BCUT2D eigenvalue weighted by Gasteiger charge is -2.22. The van der Waals surface area contributed by atoms with Gasteiger partial charge in [-0.2, -0.15) is 13.2 Å². The number of imidazole rings is 1. The minimum Gasteiger partial charge on any atom is -0.352 e. The second-order valence-electron chi connectivity index (χ2n) is 8.03. The van der Waals surface area contributed by atoms with E-state index in [-0.39, 0.29) is 11.9 Å². The number of rotatable bonds is 7. The number of nitrogens with one attached hydrogen (secondary N) is 1. The molecule has 170 valence electrons. The summed E-state index contributed by atoms with van der Waals surface area (Å²) in [4.78, 5) is 22.0. The van der Waals surface area contributed by atoms with Gasteiger partial charge in [0.25, 0.3) is 0 Å². The Kier molecular flexibility index (Phi) is 6.74. The summed E-state index contributed by atoms with van der Waals surface area (Å²) in [5, 5.41) is 3.76. The Morgan fingerprint density at radius 2 is 2.06 bits per heavy atom. The minimum absolute atomic E-state index is 0.0523. The van der Waals surface area contributed by atoms with Crippen molar-refractivity contribution in [3.05, 3.63) is 53.9 Å². The Labute approximate surface area is 188 Å². The molecule has 9 heteroatoms. The van der Waals surface area contributed by atoms with Crippen molar-refractivity contribution in [2.45, 2.75) is 68.2 Å². The average Bonchev–Trinajstić information content (AvgIpc) is 3.40. The molecule has 1 amide bonds. The van der Waals surface area contributed by atoms with Gasteiger partial charge in [0.2, 0.25) is 5.91 Å². The number of carbonyl (C=O) groups excluding carboxylic acids is 1. The lowest BCUT2D eigenvalue weighted by molar-refractivity contribution is -0.137. The van der Waals surface area contributed by atoms with E-state index in [0.717, 1.165) is 43.3 Å². The fourth-order valence-corrected chi connectivity index (χ4v) is 5.16. The molecule has 1 aliphatic rings. The highest BCUT2D eigenvalue weighted by Gasteiger charge is 2.31. The van der Waals surface area contributed by atoms with Crippen LogP contribution in [0.3, 0.4) is 0 Å². The number of amides is 1. The predicted octanol–water partition coefficient (Wildman–Crippen LogP) is 5.75.